The van der Waals surface area contributed by atoms with Crippen LogP contribution in [0.25, 0.3) is 0 Å². The lowest BCUT2D eigenvalue weighted by Crippen LogP contribution is -2.53. The van der Waals surface area contributed by atoms with Crippen molar-refractivity contribution in [3.05, 3.63) is 35.9 Å². The Labute approximate surface area is 161 Å². The highest BCUT2D eigenvalue weighted by Gasteiger charge is 2.26. The number of carbonyl (C=O) groups excluding carboxylic acids is 2. The first-order valence-electron chi connectivity index (χ1n) is 9.75. The number of nitrogens with zero attached hydrogens (tertiary/aromatic N) is 3. The quantitative estimate of drug-likeness (QED) is 0.811. The van der Waals surface area contributed by atoms with Gasteiger partial charge < -0.3 is 24.8 Å². The maximum absolute atomic E-state index is 12.5. The fraction of sp³-hybridized carbons (Fsp3) is 0.600. The predicted molar refractivity (Wildman–Crippen MR) is 104 cm³/mol. The molecule has 1 aromatic rings. The molecule has 1 atom stereocenters. The number of nitrogens with one attached hydrogen (secondary N) is 1. The summed E-state index contributed by atoms with van der Waals surface area (Å²) in [5.41, 5.74) is 0.703. The number of urea groups is 1. The third-order valence-corrected chi connectivity index (χ3v) is 5.40. The summed E-state index contributed by atoms with van der Waals surface area (Å²) >= 11 is 0. The van der Waals surface area contributed by atoms with Gasteiger partial charge >= 0.3 is 6.03 Å². The second-order valence-corrected chi connectivity index (χ2v) is 7.28. The Morgan fingerprint density at radius 2 is 1.78 bits per heavy atom. The maximum Gasteiger partial charge on any atom is 0.317 e. The third kappa shape index (κ3) is 5.43. The summed E-state index contributed by atoms with van der Waals surface area (Å²) in [6.07, 6.45) is 1.11. The second-order valence-electron chi connectivity index (χ2n) is 7.28. The Hall–Kier alpha value is -2.12. The minimum atomic E-state index is -0.0165. The van der Waals surface area contributed by atoms with Crippen LogP contribution in [-0.2, 0) is 4.74 Å². The number of rotatable bonds is 6. The number of piperazine rings is 1. The van der Waals surface area contributed by atoms with E-state index in [4.69, 9.17) is 4.74 Å². The van der Waals surface area contributed by atoms with E-state index in [1.54, 1.807) is 7.11 Å². The van der Waals surface area contributed by atoms with Crippen LogP contribution in [0.3, 0.4) is 0 Å². The van der Waals surface area contributed by atoms with E-state index in [1.165, 1.54) is 0 Å². The highest BCUT2D eigenvalue weighted by molar-refractivity contribution is 5.94. The van der Waals surface area contributed by atoms with Crippen LogP contribution in [0, 0.1) is 5.92 Å². The Balaban J connectivity index is 1.37. The molecule has 2 heterocycles. The van der Waals surface area contributed by atoms with Gasteiger partial charge in [-0.3, -0.25) is 4.79 Å². The zero-order chi connectivity index (χ0) is 19.1. The highest BCUT2D eigenvalue weighted by Crippen LogP contribution is 2.15. The smallest absolute Gasteiger partial charge is 0.317 e. The van der Waals surface area contributed by atoms with Crippen LogP contribution in [0.4, 0.5) is 4.79 Å². The second kappa shape index (κ2) is 9.71. The minimum Gasteiger partial charge on any atom is -0.383 e. The van der Waals surface area contributed by atoms with E-state index in [2.05, 4.69) is 10.2 Å². The van der Waals surface area contributed by atoms with Gasteiger partial charge in [0.05, 0.1) is 6.61 Å². The van der Waals surface area contributed by atoms with Crippen molar-refractivity contribution >= 4 is 11.9 Å². The van der Waals surface area contributed by atoms with Crippen LogP contribution < -0.4 is 5.32 Å². The molecule has 7 nitrogen and oxygen atoms in total. The predicted octanol–water partition coefficient (Wildman–Crippen LogP) is 1.12. The van der Waals surface area contributed by atoms with Gasteiger partial charge in [0, 0.05) is 58.5 Å². The fourth-order valence-electron chi connectivity index (χ4n) is 3.72. The number of likely N-dealkylation sites (tertiary alicyclic amines) is 1. The molecule has 27 heavy (non-hydrogen) atoms. The summed E-state index contributed by atoms with van der Waals surface area (Å²) in [5.74, 6) is 0.546. The lowest BCUT2D eigenvalue weighted by molar-refractivity contribution is 0.0664. The first kappa shape index (κ1) is 19.6. The molecule has 0 unspecified atom stereocenters. The molecule has 2 aliphatic rings. The molecule has 0 radical (unpaired) electrons. The van der Waals surface area contributed by atoms with E-state index >= 15 is 0 Å². The molecule has 2 fully saturated rings. The lowest BCUT2D eigenvalue weighted by Gasteiger charge is -2.35. The average molecular weight is 374 g/mol. The molecular formula is C20H30N4O3. The molecule has 0 aliphatic carbocycles. The van der Waals surface area contributed by atoms with E-state index in [0.717, 1.165) is 32.7 Å². The molecule has 7 heteroatoms. The SMILES string of the molecule is COCCN1CC[C@@H](CNC(=O)N2CCN(C(=O)c3ccccc3)CC2)C1. The van der Waals surface area contributed by atoms with Gasteiger partial charge in [0.1, 0.15) is 0 Å². The van der Waals surface area contributed by atoms with E-state index in [9.17, 15) is 9.59 Å². The summed E-state index contributed by atoms with van der Waals surface area (Å²) in [6, 6.07) is 9.29. The molecule has 2 aliphatic heterocycles. The summed E-state index contributed by atoms with van der Waals surface area (Å²) in [5, 5.41) is 3.07. The summed E-state index contributed by atoms with van der Waals surface area (Å²) in [7, 11) is 1.72. The molecular weight excluding hydrogens is 344 g/mol. The van der Waals surface area contributed by atoms with Crippen molar-refractivity contribution in [2.75, 3.05) is 66.1 Å². The Morgan fingerprint density at radius 3 is 2.48 bits per heavy atom. The largest absolute Gasteiger partial charge is 0.383 e. The van der Waals surface area contributed by atoms with Gasteiger partial charge in [-0.05, 0) is 31.0 Å². The first-order valence-corrected chi connectivity index (χ1v) is 9.75. The maximum atomic E-state index is 12.5. The first-order chi connectivity index (χ1) is 13.2. The van der Waals surface area contributed by atoms with Crippen molar-refractivity contribution in [3.63, 3.8) is 0 Å². The molecule has 2 saturated heterocycles. The van der Waals surface area contributed by atoms with E-state index in [-0.39, 0.29) is 11.9 Å². The molecule has 148 valence electrons. The number of hydrogen-bond acceptors (Lipinski definition) is 4. The number of ether oxygens (including phenoxy) is 1. The number of hydrogen-bond donors (Lipinski definition) is 1. The Morgan fingerprint density at radius 1 is 1.07 bits per heavy atom. The summed E-state index contributed by atoms with van der Waals surface area (Å²) < 4.78 is 5.12. The van der Waals surface area contributed by atoms with Gasteiger partial charge in [-0.25, -0.2) is 4.79 Å². The van der Waals surface area contributed by atoms with Crippen molar-refractivity contribution in [2.24, 2.45) is 5.92 Å². The van der Waals surface area contributed by atoms with Crippen molar-refractivity contribution in [2.45, 2.75) is 6.42 Å². The van der Waals surface area contributed by atoms with Gasteiger partial charge in [-0.2, -0.15) is 0 Å². The molecule has 0 bridgehead atoms. The van der Waals surface area contributed by atoms with Gasteiger partial charge in [0.25, 0.3) is 5.91 Å². The van der Waals surface area contributed by atoms with E-state index in [1.807, 2.05) is 40.1 Å². The zero-order valence-electron chi connectivity index (χ0n) is 16.1. The fourth-order valence-corrected chi connectivity index (χ4v) is 3.72. The van der Waals surface area contributed by atoms with Crippen molar-refractivity contribution in [1.29, 1.82) is 0 Å². The lowest BCUT2D eigenvalue weighted by atomic mass is 10.1. The third-order valence-electron chi connectivity index (χ3n) is 5.40. The van der Waals surface area contributed by atoms with Crippen LogP contribution in [0.2, 0.25) is 0 Å². The molecule has 0 saturated carbocycles. The summed E-state index contributed by atoms with van der Waals surface area (Å²) in [6.45, 7) is 6.83. The molecule has 0 aromatic heterocycles. The van der Waals surface area contributed by atoms with Crippen LogP contribution in [0.5, 0.6) is 0 Å². The molecule has 3 amide bonds. The molecule has 1 aromatic carbocycles. The van der Waals surface area contributed by atoms with Gasteiger partial charge in [-0.1, -0.05) is 18.2 Å². The van der Waals surface area contributed by atoms with Crippen LogP contribution >= 0.6 is 0 Å². The molecule has 1 N–H and O–H groups in total. The Bertz CT molecular complexity index is 617. The van der Waals surface area contributed by atoms with Gasteiger partial charge in [-0.15, -0.1) is 0 Å². The Kier molecular flexibility index (Phi) is 7.06. The van der Waals surface area contributed by atoms with Crippen molar-refractivity contribution in [3.8, 4) is 0 Å². The number of amides is 3. The number of carbonyl (C=O) groups is 2. The standard InChI is InChI=1S/C20H30N4O3/c1-27-14-13-22-8-7-17(16-22)15-21-20(26)24-11-9-23(10-12-24)19(25)18-5-3-2-4-6-18/h2-6,17H,7-16H2,1H3,(H,21,26)/t17-/m0/s1. The van der Waals surface area contributed by atoms with Crippen LogP contribution in [0.1, 0.15) is 16.8 Å². The molecule has 0 spiro atoms. The number of methoxy groups -OCH3 is 1. The normalized spacial score (nSPS) is 20.7. The van der Waals surface area contributed by atoms with E-state index < -0.39 is 0 Å². The van der Waals surface area contributed by atoms with Crippen molar-refractivity contribution < 1.29 is 14.3 Å². The van der Waals surface area contributed by atoms with Gasteiger partial charge in [0.2, 0.25) is 0 Å². The monoisotopic (exact) mass is 374 g/mol. The topological polar surface area (TPSA) is 65.1 Å². The zero-order valence-corrected chi connectivity index (χ0v) is 16.1. The van der Waals surface area contributed by atoms with Crippen LogP contribution in [-0.4, -0.2) is 92.7 Å². The number of benzene rings is 1. The molecule has 3 rings (SSSR count). The van der Waals surface area contributed by atoms with Crippen LogP contribution in [0.15, 0.2) is 30.3 Å². The summed E-state index contributed by atoms with van der Waals surface area (Å²) in [4.78, 5) is 30.9. The van der Waals surface area contributed by atoms with Gasteiger partial charge in [0.15, 0.2) is 0 Å². The van der Waals surface area contributed by atoms with E-state index in [0.29, 0.717) is 44.2 Å². The highest BCUT2D eigenvalue weighted by atomic mass is 16.5. The minimum absolute atomic E-state index is 0.0165. The van der Waals surface area contributed by atoms with Crippen molar-refractivity contribution in [1.82, 2.24) is 20.0 Å². The average Bonchev–Trinajstić information content (AvgIpc) is 3.18.